The Labute approximate surface area is 154 Å². The number of unbranched alkanes of at least 4 members (excludes halogenated alkanes) is 1. The zero-order chi connectivity index (χ0) is 19.2. The van der Waals surface area contributed by atoms with Crippen LogP contribution in [0, 0.1) is 11.7 Å². The molecular weight excluding hydrogens is 359 g/mol. The molecule has 1 fully saturated rings. The average molecular weight is 386 g/mol. The Hall–Kier alpha value is -1.51. The van der Waals surface area contributed by atoms with E-state index >= 15 is 0 Å². The first-order valence-corrected chi connectivity index (χ1v) is 10.6. The van der Waals surface area contributed by atoms with E-state index in [1.165, 1.54) is 22.5 Å². The molecule has 1 aliphatic rings. The van der Waals surface area contributed by atoms with Crippen molar-refractivity contribution in [2.24, 2.45) is 5.92 Å². The average Bonchev–Trinajstić information content (AvgIpc) is 2.64. The number of hydrogen-bond donors (Lipinski definition) is 2. The molecule has 0 bridgehead atoms. The highest BCUT2D eigenvalue weighted by atomic mass is 32.2. The van der Waals surface area contributed by atoms with E-state index in [1.807, 2.05) is 6.92 Å². The normalized spacial score (nSPS) is 17.8. The van der Waals surface area contributed by atoms with Crippen LogP contribution < -0.4 is 5.32 Å². The fourth-order valence-corrected chi connectivity index (χ4v) is 4.70. The van der Waals surface area contributed by atoms with Crippen molar-refractivity contribution in [3.8, 4) is 0 Å². The van der Waals surface area contributed by atoms with Gasteiger partial charge in [0.05, 0.1) is 11.9 Å². The molecule has 1 atom stereocenters. The standard InChI is InChI=1S/C18H27FN2O4S/c1-2-3-11-26(24,25)21-9-7-14(8-10-21)18(23)20-13-17(22)15-5-4-6-16(19)12-15/h4-6,12,14,17,22H,2-3,7-11,13H2,1H3,(H,20,23). The molecule has 146 valence electrons. The summed E-state index contributed by atoms with van der Waals surface area (Å²) >= 11 is 0. The molecule has 1 saturated heterocycles. The lowest BCUT2D eigenvalue weighted by atomic mass is 9.97. The number of halogens is 1. The molecule has 0 aromatic heterocycles. The maximum atomic E-state index is 13.2. The number of rotatable bonds is 8. The van der Waals surface area contributed by atoms with Gasteiger partial charge in [0.1, 0.15) is 5.82 Å². The van der Waals surface area contributed by atoms with Crippen LogP contribution in [0.3, 0.4) is 0 Å². The van der Waals surface area contributed by atoms with Gasteiger partial charge in [0, 0.05) is 25.6 Å². The molecule has 1 aliphatic heterocycles. The summed E-state index contributed by atoms with van der Waals surface area (Å²) in [4.78, 5) is 12.3. The number of nitrogens with zero attached hydrogens (tertiary/aromatic N) is 1. The second-order valence-corrected chi connectivity index (χ2v) is 8.75. The Morgan fingerprint density at radius 3 is 2.69 bits per heavy atom. The molecule has 8 heteroatoms. The Bertz CT molecular complexity index is 703. The van der Waals surface area contributed by atoms with Crippen LogP contribution in [-0.4, -0.2) is 49.1 Å². The van der Waals surface area contributed by atoms with Gasteiger partial charge in [-0.2, -0.15) is 0 Å². The highest BCUT2D eigenvalue weighted by molar-refractivity contribution is 7.89. The summed E-state index contributed by atoms with van der Waals surface area (Å²) in [5, 5.41) is 12.7. The van der Waals surface area contributed by atoms with Crippen LogP contribution in [0.25, 0.3) is 0 Å². The Kier molecular flexibility index (Phi) is 7.55. The molecule has 6 nitrogen and oxygen atoms in total. The minimum atomic E-state index is -3.23. The maximum absolute atomic E-state index is 13.2. The molecule has 1 aromatic carbocycles. The second kappa shape index (κ2) is 9.43. The van der Waals surface area contributed by atoms with Crippen molar-refractivity contribution in [2.75, 3.05) is 25.4 Å². The van der Waals surface area contributed by atoms with E-state index in [0.717, 1.165) is 6.42 Å². The van der Waals surface area contributed by atoms with Gasteiger partial charge >= 0.3 is 0 Å². The van der Waals surface area contributed by atoms with E-state index < -0.39 is 21.9 Å². The number of carbonyl (C=O) groups is 1. The van der Waals surface area contributed by atoms with Crippen LogP contribution in [0.1, 0.15) is 44.3 Å². The van der Waals surface area contributed by atoms with Crippen LogP contribution in [0.2, 0.25) is 0 Å². The summed E-state index contributed by atoms with van der Waals surface area (Å²) < 4.78 is 39.0. The van der Waals surface area contributed by atoms with Crippen molar-refractivity contribution in [1.29, 1.82) is 0 Å². The molecule has 0 spiro atoms. The molecule has 2 rings (SSSR count). The first-order chi connectivity index (χ1) is 12.3. The molecule has 0 radical (unpaired) electrons. The minimum absolute atomic E-state index is 0.00268. The maximum Gasteiger partial charge on any atom is 0.223 e. The summed E-state index contributed by atoms with van der Waals surface area (Å²) in [7, 11) is -3.23. The predicted octanol–water partition coefficient (Wildman–Crippen LogP) is 1.82. The van der Waals surface area contributed by atoms with Crippen LogP contribution in [0.5, 0.6) is 0 Å². The first kappa shape index (κ1) is 20.8. The third-order valence-electron chi connectivity index (χ3n) is 4.68. The fourth-order valence-electron chi connectivity index (χ4n) is 3.03. The summed E-state index contributed by atoms with van der Waals surface area (Å²) in [5.41, 5.74) is 0.405. The lowest BCUT2D eigenvalue weighted by Crippen LogP contribution is -2.44. The molecule has 1 amide bonds. The number of carbonyl (C=O) groups excluding carboxylic acids is 1. The molecule has 1 aromatic rings. The van der Waals surface area contributed by atoms with Crippen molar-refractivity contribution in [3.63, 3.8) is 0 Å². The fraction of sp³-hybridized carbons (Fsp3) is 0.611. The van der Waals surface area contributed by atoms with E-state index in [0.29, 0.717) is 37.9 Å². The topological polar surface area (TPSA) is 86.7 Å². The number of amides is 1. The van der Waals surface area contributed by atoms with Crippen LogP contribution in [0.4, 0.5) is 4.39 Å². The molecule has 0 aliphatic carbocycles. The van der Waals surface area contributed by atoms with Gasteiger partial charge in [-0.15, -0.1) is 0 Å². The predicted molar refractivity (Wildman–Crippen MR) is 97.4 cm³/mol. The number of nitrogens with one attached hydrogen (secondary N) is 1. The van der Waals surface area contributed by atoms with Gasteiger partial charge in [0.2, 0.25) is 15.9 Å². The third kappa shape index (κ3) is 5.75. The number of benzene rings is 1. The van der Waals surface area contributed by atoms with Gasteiger partial charge in [0.25, 0.3) is 0 Å². The summed E-state index contributed by atoms with van der Waals surface area (Å²) in [6, 6.07) is 5.62. The molecule has 1 unspecified atom stereocenters. The van der Waals surface area contributed by atoms with Gasteiger partial charge < -0.3 is 10.4 Å². The lowest BCUT2D eigenvalue weighted by molar-refractivity contribution is -0.126. The van der Waals surface area contributed by atoms with Gasteiger partial charge in [-0.05, 0) is 37.0 Å². The highest BCUT2D eigenvalue weighted by Gasteiger charge is 2.30. The number of aliphatic hydroxyl groups excluding tert-OH is 1. The molecular formula is C18H27FN2O4S. The van der Waals surface area contributed by atoms with E-state index in [9.17, 15) is 22.7 Å². The number of sulfonamides is 1. The zero-order valence-corrected chi connectivity index (χ0v) is 15.8. The van der Waals surface area contributed by atoms with E-state index in [1.54, 1.807) is 6.07 Å². The van der Waals surface area contributed by atoms with E-state index in [-0.39, 0.29) is 24.1 Å². The molecule has 0 saturated carbocycles. The summed E-state index contributed by atoms with van der Waals surface area (Å²) in [6.45, 7) is 2.63. The smallest absolute Gasteiger partial charge is 0.223 e. The minimum Gasteiger partial charge on any atom is -0.387 e. The quantitative estimate of drug-likeness (QED) is 0.713. The number of hydrogen-bond acceptors (Lipinski definition) is 4. The van der Waals surface area contributed by atoms with Crippen molar-refractivity contribution in [2.45, 2.75) is 38.7 Å². The second-order valence-electron chi connectivity index (χ2n) is 6.66. The van der Waals surface area contributed by atoms with Crippen LogP contribution in [0.15, 0.2) is 24.3 Å². The Morgan fingerprint density at radius 1 is 1.38 bits per heavy atom. The highest BCUT2D eigenvalue weighted by Crippen LogP contribution is 2.21. The molecule has 26 heavy (non-hydrogen) atoms. The Balaban J connectivity index is 1.79. The first-order valence-electron chi connectivity index (χ1n) is 9.02. The largest absolute Gasteiger partial charge is 0.387 e. The summed E-state index contributed by atoms with van der Waals surface area (Å²) in [6.07, 6.45) is 1.41. The Morgan fingerprint density at radius 2 is 2.08 bits per heavy atom. The SMILES string of the molecule is CCCCS(=O)(=O)N1CCC(C(=O)NCC(O)c2cccc(F)c2)CC1. The van der Waals surface area contributed by atoms with E-state index in [2.05, 4.69) is 5.32 Å². The van der Waals surface area contributed by atoms with Crippen molar-refractivity contribution in [1.82, 2.24) is 9.62 Å². The van der Waals surface area contributed by atoms with Crippen molar-refractivity contribution < 1.29 is 22.7 Å². The lowest BCUT2D eigenvalue weighted by Gasteiger charge is -2.30. The summed E-state index contributed by atoms with van der Waals surface area (Å²) in [5.74, 6) is -0.761. The zero-order valence-electron chi connectivity index (χ0n) is 15.0. The van der Waals surface area contributed by atoms with Crippen LogP contribution in [-0.2, 0) is 14.8 Å². The van der Waals surface area contributed by atoms with Crippen LogP contribution >= 0.6 is 0 Å². The third-order valence-corrected chi connectivity index (χ3v) is 6.63. The van der Waals surface area contributed by atoms with Gasteiger partial charge in [-0.1, -0.05) is 25.5 Å². The number of aliphatic hydroxyl groups is 1. The van der Waals surface area contributed by atoms with Gasteiger partial charge in [0.15, 0.2) is 0 Å². The molecule has 1 heterocycles. The van der Waals surface area contributed by atoms with E-state index in [4.69, 9.17) is 0 Å². The van der Waals surface area contributed by atoms with Crippen molar-refractivity contribution in [3.05, 3.63) is 35.6 Å². The van der Waals surface area contributed by atoms with Gasteiger partial charge in [-0.25, -0.2) is 17.1 Å². The molecule has 2 N–H and O–H groups in total. The van der Waals surface area contributed by atoms with Crippen molar-refractivity contribution >= 4 is 15.9 Å². The monoisotopic (exact) mass is 386 g/mol. The van der Waals surface area contributed by atoms with Gasteiger partial charge in [-0.3, -0.25) is 4.79 Å². The number of piperidine rings is 1.